The molecule has 98 valence electrons. The van der Waals surface area contributed by atoms with Gasteiger partial charge in [-0.1, -0.05) is 0 Å². The SMILES string of the molecule is Cc1cc(N2CCNCC2)cc2c1OCCN2C. The first-order chi connectivity index (χ1) is 8.75. The molecule has 2 aliphatic heterocycles. The van der Waals surface area contributed by atoms with E-state index in [4.69, 9.17) is 4.74 Å². The number of hydrogen-bond acceptors (Lipinski definition) is 4. The van der Waals surface area contributed by atoms with E-state index >= 15 is 0 Å². The van der Waals surface area contributed by atoms with E-state index in [0.717, 1.165) is 45.1 Å². The van der Waals surface area contributed by atoms with Gasteiger partial charge in [0, 0.05) is 38.9 Å². The summed E-state index contributed by atoms with van der Waals surface area (Å²) in [6, 6.07) is 4.52. The minimum absolute atomic E-state index is 0.789. The third kappa shape index (κ3) is 2.01. The lowest BCUT2D eigenvalue weighted by Gasteiger charge is -2.33. The van der Waals surface area contributed by atoms with E-state index in [1.807, 2.05) is 0 Å². The van der Waals surface area contributed by atoms with Crippen molar-refractivity contribution in [1.82, 2.24) is 5.32 Å². The van der Waals surface area contributed by atoms with Crippen molar-refractivity contribution in [3.8, 4) is 5.75 Å². The maximum absolute atomic E-state index is 5.79. The van der Waals surface area contributed by atoms with Crippen LogP contribution >= 0.6 is 0 Å². The molecule has 0 atom stereocenters. The van der Waals surface area contributed by atoms with E-state index in [0.29, 0.717) is 0 Å². The predicted molar refractivity (Wildman–Crippen MR) is 75.0 cm³/mol. The number of piperazine rings is 1. The van der Waals surface area contributed by atoms with E-state index in [2.05, 4.69) is 41.2 Å². The Bertz CT molecular complexity index is 441. The van der Waals surface area contributed by atoms with Crippen molar-refractivity contribution in [3.63, 3.8) is 0 Å². The molecule has 0 saturated carbocycles. The standard InChI is InChI=1S/C14H21N3O/c1-11-9-12(17-5-3-15-4-6-17)10-13-14(11)18-8-7-16(13)2/h9-10,15H,3-8H2,1-2H3. The number of hydrogen-bond donors (Lipinski definition) is 1. The molecule has 0 aliphatic carbocycles. The molecule has 0 aromatic heterocycles. The molecule has 1 aromatic carbocycles. The number of ether oxygens (including phenoxy) is 1. The van der Waals surface area contributed by atoms with E-state index in [9.17, 15) is 0 Å². The number of nitrogens with one attached hydrogen (secondary N) is 1. The fourth-order valence-electron chi connectivity index (χ4n) is 2.72. The second kappa shape index (κ2) is 4.69. The maximum atomic E-state index is 5.79. The highest BCUT2D eigenvalue weighted by Gasteiger charge is 2.20. The molecule has 4 nitrogen and oxygen atoms in total. The van der Waals surface area contributed by atoms with E-state index in [1.165, 1.54) is 16.9 Å². The smallest absolute Gasteiger partial charge is 0.145 e. The molecule has 0 spiro atoms. The van der Waals surface area contributed by atoms with Crippen LogP contribution in [0.15, 0.2) is 12.1 Å². The Kier molecular flexibility index (Phi) is 3.04. The summed E-state index contributed by atoms with van der Waals surface area (Å²) < 4.78 is 5.79. The van der Waals surface area contributed by atoms with Gasteiger partial charge in [-0.15, -0.1) is 0 Å². The highest BCUT2D eigenvalue weighted by molar-refractivity contribution is 5.70. The van der Waals surface area contributed by atoms with E-state index in [-0.39, 0.29) is 0 Å². The molecule has 1 aromatic rings. The monoisotopic (exact) mass is 247 g/mol. The van der Waals surface area contributed by atoms with Crippen LogP contribution in [0.4, 0.5) is 11.4 Å². The highest BCUT2D eigenvalue weighted by atomic mass is 16.5. The molecule has 0 radical (unpaired) electrons. The molecule has 2 heterocycles. The average molecular weight is 247 g/mol. The minimum atomic E-state index is 0.789. The highest BCUT2D eigenvalue weighted by Crippen LogP contribution is 2.37. The number of aryl methyl sites for hydroxylation is 1. The molecule has 18 heavy (non-hydrogen) atoms. The van der Waals surface area contributed by atoms with Gasteiger partial charge in [-0.05, 0) is 24.6 Å². The van der Waals surface area contributed by atoms with Crippen LogP contribution in [-0.4, -0.2) is 46.4 Å². The fourth-order valence-corrected chi connectivity index (χ4v) is 2.72. The Morgan fingerprint density at radius 3 is 2.72 bits per heavy atom. The predicted octanol–water partition coefficient (Wildman–Crippen LogP) is 1.23. The summed E-state index contributed by atoms with van der Waals surface area (Å²) in [5.74, 6) is 1.06. The molecule has 0 unspecified atom stereocenters. The number of nitrogens with zero attached hydrogens (tertiary/aromatic N) is 2. The largest absolute Gasteiger partial charge is 0.489 e. The quantitative estimate of drug-likeness (QED) is 0.808. The number of anilines is 2. The summed E-state index contributed by atoms with van der Waals surface area (Å²) in [5.41, 5.74) is 3.80. The molecule has 4 heteroatoms. The van der Waals surface area contributed by atoms with Crippen molar-refractivity contribution >= 4 is 11.4 Å². The summed E-state index contributed by atoms with van der Waals surface area (Å²) in [5, 5.41) is 3.39. The number of rotatable bonds is 1. The van der Waals surface area contributed by atoms with Crippen LogP contribution in [-0.2, 0) is 0 Å². The number of likely N-dealkylation sites (N-methyl/N-ethyl adjacent to an activating group) is 1. The topological polar surface area (TPSA) is 27.7 Å². The van der Waals surface area contributed by atoms with Gasteiger partial charge in [-0.3, -0.25) is 0 Å². The zero-order valence-electron chi connectivity index (χ0n) is 11.2. The molecular formula is C14H21N3O. The average Bonchev–Trinajstić information content (AvgIpc) is 2.41. The van der Waals surface area contributed by atoms with Crippen molar-refractivity contribution < 1.29 is 4.74 Å². The summed E-state index contributed by atoms with van der Waals surface area (Å²) >= 11 is 0. The second-order valence-corrected chi connectivity index (χ2v) is 5.12. The lowest BCUT2D eigenvalue weighted by Crippen LogP contribution is -2.43. The second-order valence-electron chi connectivity index (χ2n) is 5.12. The van der Waals surface area contributed by atoms with Crippen LogP contribution in [0.1, 0.15) is 5.56 Å². The molecule has 2 aliphatic rings. The fraction of sp³-hybridized carbons (Fsp3) is 0.571. The third-order valence-electron chi connectivity index (χ3n) is 3.81. The van der Waals surface area contributed by atoms with Gasteiger partial charge in [0.05, 0.1) is 12.2 Å². The Balaban J connectivity index is 1.96. The van der Waals surface area contributed by atoms with Crippen molar-refractivity contribution in [2.75, 3.05) is 56.2 Å². The first kappa shape index (κ1) is 11.7. The van der Waals surface area contributed by atoms with Gasteiger partial charge in [0.1, 0.15) is 12.4 Å². The summed E-state index contributed by atoms with van der Waals surface area (Å²) in [6.07, 6.45) is 0. The van der Waals surface area contributed by atoms with Crippen LogP contribution in [0, 0.1) is 6.92 Å². The van der Waals surface area contributed by atoms with Crippen molar-refractivity contribution in [3.05, 3.63) is 17.7 Å². The number of fused-ring (bicyclic) bond motifs is 1. The van der Waals surface area contributed by atoms with Crippen molar-refractivity contribution in [1.29, 1.82) is 0 Å². The summed E-state index contributed by atoms with van der Waals surface area (Å²) in [7, 11) is 2.14. The third-order valence-corrected chi connectivity index (χ3v) is 3.81. The zero-order chi connectivity index (χ0) is 12.5. The summed E-state index contributed by atoms with van der Waals surface area (Å²) in [6.45, 7) is 8.22. The van der Waals surface area contributed by atoms with Crippen molar-refractivity contribution in [2.24, 2.45) is 0 Å². The van der Waals surface area contributed by atoms with Crippen LogP contribution in [0.3, 0.4) is 0 Å². The molecule has 3 rings (SSSR count). The molecule has 1 fully saturated rings. The zero-order valence-corrected chi connectivity index (χ0v) is 11.2. The van der Waals surface area contributed by atoms with Crippen LogP contribution in [0.5, 0.6) is 5.75 Å². The van der Waals surface area contributed by atoms with Crippen LogP contribution in [0.25, 0.3) is 0 Å². The first-order valence-corrected chi connectivity index (χ1v) is 6.70. The normalized spacial score (nSPS) is 19.4. The Morgan fingerprint density at radius 1 is 1.17 bits per heavy atom. The molecule has 0 amide bonds. The molecule has 0 bridgehead atoms. The van der Waals surface area contributed by atoms with E-state index in [1.54, 1.807) is 0 Å². The molecular weight excluding hydrogens is 226 g/mol. The van der Waals surface area contributed by atoms with Crippen molar-refractivity contribution in [2.45, 2.75) is 6.92 Å². The molecule has 1 saturated heterocycles. The lowest BCUT2D eigenvalue weighted by atomic mass is 10.1. The van der Waals surface area contributed by atoms with Crippen LogP contribution in [0.2, 0.25) is 0 Å². The Morgan fingerprint density at radius 2 is 1.94 bits per heavy atom. The van der Waals surface area contributed by atoms with Gasteiger partial charge < -0.3 is 19.9 Å². The number of benzene rings is 1. The minimum Gasteiger partial charge on any atom is -0.489 e. The Hall–Kier alpha value is -1.42. The Labute approximate surface area is 109 Å². The van der Waals surface area contributed by atoms with Crippen LogP contribution < -0.4 is 19.9 Å². The van der Waals surface area contributed by atoms with Gasteiger partial charge in [0.2, 0.25) is 0 Å². The first-order valence-electron chi connectivity index (χ1n) is 6.70. The summed E-state index contributed by atoms with van der Waals surface area (Å²) in [4.78, 5) is 4.74. The lowest BCUT2D eigenvalue weighted by molar-refractivity contribution is 0.309. The van der Waals surface area contributed by atoms with Gasteiger partial charge in [-0.25, -0.2) is 0 Å². The maximum Gasteiger partial charge on any atom is 0.145 e. The van der Waals surface area contributed by atoms with Gasteiger partial charge in [0.15, 0.2) is 0 Å². The van der Waals surface area contributed by atoms with Gasteiger partial charge in [-0.2, -0.15) is 0 Å². The van der Waals surface area contributed by atoms with Gasteiger partial charge >= 0.3 is 0 Å². The van der Waals surface area contributed by atoms with Gasteiger partial charge in [0.25, 0.3) is 0 Å². The van der Waals surface area contributed by atoms with E-state index < -0.39 is 0 Å². The molecule has 1 N–H and O–H groups in total.